The first-order chi connectivity index (χ1) is 12.7. The van der Waals surface area contributed by atoms with Gasteiger partial charge in [0.2, 0.25) is 0 Å². The van der Waals surface area contributed by atoms with E-state index in [4.69, 9.17) is 0 Å². The Morgan fingerprint density at radius 2 is 1.77 bits per heavy atom. The van der Waals surface area contributed by atoms with Crippen molar-refractivity contribution < 1.29 is 0 Å². The van der Waals surface area contributed by atoms with Crippen molar-refractivity contribution in [3.05, 3.63) is 64.8 Å². The first-order valence-corrected chi connectivity index (χ1v) is 8.64. The summed E-state index contributed by atoms with van der Waals surface area (Å²) < 4.78 is 0. The van der Waals surface area contributed by atoms with Crippen LogP contribution >= 0.6 is 0 Å². The third-order valence-electron chi connectivity index (χ3n) is 3.79. The molecule has 0 amide bonds. The lowest BCUT2D eigenvalue weighted by Crippen LogP contribution is -2.09. The van der Waals surface area contributed by atoms with E-state index in [1.54, 1.807) is 19.3 Å². The topological polar surface area (TPSA) is 95.6 Å². The van der Waals surface area contributed by atoms with Gasteiger partial charge in [-0.25, -0.2) is 15.0 Å². The molecule has 3 rings (SSSR count). The lowest BCUT2D eigenvalue weighted by molar-refractivity contribution is 0.791. The van der Waals surface area contributed by atoms with Gasteiger partial charge < -0.3 is 15.6 Å². The second-order valence-corrected chi connectivity index (χ2v) is 5.94. The van der Waals surface area contributed by atoms with Crippen molar-refractivity contribution in [2.45, 2.75) is 19.8 Å². The van der Waals surface area contributed by atoms with Crippen LogP contribution in [-0.4, -0.2) is 33.0 Å². The summed E-state index contributed by atoms with van der Waals surface area (Å²) in [5, 5.41) is 6.59. The molecule has 0 saturated carbocycles. The lowest BCUT2D eigenvalue weighted by Gasteiger charge is -2.08. The molecule has 7 nitrogen and oxygen atoms in total. The number of aromatic amines is 1. The fourth-order valence-electron chi connectivity index (χ4n) is 2.50. The summed E-state index contributed by atoms with van der Waals surface area (Å²) >= 11 is 0. The zero-order valence-electron chi connectivity index (χ0n) is 14.7. The van der Waals surface area contributed by atoms with Crippen LogP contribution in [0.15, 0.2) is 53.6 Å². The van der Waals surface area contributed by atoms with Gasteiger partial charge >= 0.3 is 0 Å². The van der Waals surface area contributed by atoms with Crippen LogP contribution in [-0.2, 0) is 0 Å². The SMILES string of the molecule is Cc1cc(=O)[nH]c(-c2ccc(NCCCCNc3ccccn3)nc2)n1. The van der Waals surface area contributed by atoms with E-state index in [9.17, 15) is 4.79 Å². The van der Waals surface area contributed by atoms with E-state index in [1.807, 2.05) is 30.3 Å². The molecule has 0 aliphatic heterocycles. The van der Waals surface area contributed by atoms with Gasteiger partial charge in [-0.15, -0.1) is 0 Å². The molecule has 3 aromatic heterocycles. The number of rotatable bonds is 8. The predicted molar refractivity (Wildman–Crippen MR) is 103 cm³/mol. The van der Waals surface area contributed by atoms with Gasteiger partial charge in [0, 0.05) is 42.8 Å². The minimum atomic E-state index is -0.158. The highest BCUT2D eigenvalue weighted by Crippen LogP contribution is 2.14. The summed E-state index contributed by atoms with van der Waals surface area (Å²) in [6.45, 7) is 3.53. The van der Waals surface area contributed by atoms with Gasteiger partial charge in [-0.2, -0.15) is 0 Å². The van der Waals surface area contributed by atoms with Crippen LogP contribution in [0.2, 0.25) is 0 Å². The van der Waals surface area contributed by atoms with Crippen LogP contribution in [0.25, 0.3) is 11.4 Å². The molecule has 134 valence electrons. The summed E-state index contributed by atoms with van der Waals surface area (Å²) in [5.74, 6) is 2.25. The van der Waals surface area contributed by atoms with Gasteiger partial charge in [-0.3, -0.25) is 4.79 Å². The van der Waals surface area contributed by atoms with Crippen molar-refractivity contribution >= 4 is 11.6 Å². The maximum Gasteiger partial charge on any atom is 0.251 e. The number of hydrogen-bond donors (Lipinski definition) is 3. The Balaban J connectivity index is 1.42. The Bertz CT molecular complexity index is 877. The predicted octanol–water partition coefficient (Wildman–Crippen LogP) is 2.84. The molecule has 3 heterocycles. The molecule has 0 bridgehead atoms. The molecule has 0 aromatic carbocycles. The maximum atomic E-state index is 11.5. The van der Waals surface area contributed by atoms with E-state index in [0.29, 0.717) is 11.5 Å². The molecule has 0 saturated heterocycles. The molecule has 0 aliphatic rings. The summed E-state index contributed by atoms with van der Waals surface area (Å²) in [4.78, 5) is 27.2. The van der Waals surface area contributed by atoms with Crippen molar-refractivity contribution in [3.63, 3.8) is 0 Å². The van der Waals surface area contributed by atoms with Gasteiger partial charge in [-0.1, -0.05) is 6.07 Å². The Morgan fingerprint density at radius 3 is 2.38 bits per heavy atom. The Morgan fingerprint density at radius 1 is 1.00 bits per heavy atom. The molecule has 3 N–H and O–H groups in total. The fraction of sp³-hybridized carbons (Fsp3) is 0.263. The molecular weight excluding hydrogens is 328 g/mol. The number of H-pyrrole nitrogens is 1. The number of pyridine rings is 2. The summed E-state index contributed by atoms with van der Waals surface area (Å²) in [5.41, 5.74) is 1.31. The molecular formula is C19H22N6O. The largest absolute Gasteiger partial charge is 0.370 e. The second-order valence-electron chi connectivity index (χ2n) is 5.94. The average Bonchev–Trinajstić information content (AvgIpc) is 2.65. The number of nitrogens with zero attached hydrogens (tertiary/aromatic N) is 3. The van der Waals surface area contributed by atoms with Crippen LogP contribution in [0.5, 0.6) is 0 Å². The quantitative estimate of drug-likeness (QED) is 0.541. The van der Waals surface area contributed by atoms with Gasteiger partial charge in [0.15, 0.2) is 0 Å². The van der Waals surface area contributed by atoms with Crippen LogP contribution in [0.1, 0.15) is 18.5 Å². The Kier molecular flexibility index (Phi) is 5.92. The number of unbranched alkanes of at least 4 members (excludes halogenated alkanes) is 1. The summed E-state index contributed by atoms with van der Waals surface area (Å²) in [7, 11) is 0. The first kappa shape index (κ1) is 17.6. The zero-order chi connectivity index (χ0) is 18.2. The minimum Gasteiger partial charge on any atom is -0.370 e. The van der Waals surface area contributed by atoms with Crippen molar-refractivity contribution in [2.24, 2.45) is 0 Å². The maximum absolute atomic E-state index is 11.5. The number of nitrogens with one attached hydrogen (secondary N) is 3. The lowest BCUT2D eigenvalue weighted by atomic mass is 10.2. The molecule has 0 spiro atoms. The summed E-state index contributed by atoms with van der Waals surface area (Å²) in [6.07, 6.45) is 5.55. The van der Waals surface area contributed by atoms with Crippen molar-refractivity contribution in [1.82, 2.24) is 19.9 Å². The number of anilines is 2. The van der Waals surface area contributed by atoms with E-state index in [2.05, 4.69) is 30.6 Å². The average molecular weight is 350 g/mol. The van der Waals surface area contributed by atoms with Crippen molar-refractivity contribution in [1.29, 1.82) is 0 Å². The third kappa shape index (κ3) is 5.14. The molecule has 0 aliphatic carbocycles. The minimum absolute atomic E-state index is 0.158. The molecule has 0 radical (unpaired) electrons. The summed E-state index contributed by atoms with van der Waals surface area (Å²) in [6, 6.07) is 11.1. The standard InChI is InChI=1S/C19H22N6O/c1-14-12-18(26)25-19(24-14)15-7-8-17(23-13-15)22-11-5-4-10-21-16-6-2-3-9-20-16/h2-3,6-9,12-13H,4-5,10-11H2,1H3,(H,20,21)(H,22,23)(H,24,25,26). The molecule has 7 heteroatoms. The molecule has 0 unspecified atom stereocenters. The highest BCUT2D eigenvalue weighted by Gasteiger charge is 2.03. The smallest absolute Gasteiger partial charge is 0.251 e. The first-order valence-electron chi connectivity index (χ1n) is 8.64. The number of hydrogen-bond acceptors (Lipinski definition) is 6. The monoisotopic (exact) mass is 350 g/mol. The van der Waals surface area contributed by atoms with E-state index in [-0.39, 0.29) is 5.56 Å². The van der Waals surface area contributed by atoms with Crippen molar-refractivity contribution in [2.75, 3.05) is 23.7 Å². The second kappa shape index (κ2) is 8.75. The Labute approximate surface area is 152 Å². The third-order valence-corrected chi connectivity index (χ3v) is 3.79. The normalized spacial score (nSPS) is 10.5. The van der Waals surface area contributed by atoms with E-state index in [0.717, 1.165) is 43.1 Å². The highest BCUT2D eigenvalue weighted by atomic mass is 16.1. The van der Waals surface area contributed by atoms with Crippen LogP contribution in [0, 0.1) is 6.92 Å². The molecule has 26 heavy (non-hydrogen) atoms. The van der Waals surface area contributed by atoms with Crippen LogP contribution in [0.3, 0.4) is 0 Å². The fourth-order valence-corrected chi connectivity index (χ4v) is 2.50. The number of aryl methyl sites for hydroxylation is 1. The molecule has 3 aromatic rings. The number of aromatic nitrogens is 4. The van der Waals surface area contributed by atoms with Crippen LogP contribution < -0.4 is 16.2 Å². The van der Waals surface area contributed by atoms with Gasteiger partial charge in [0.05, 0.1) is 0 Å². The molecule has 0 fully saturated rings. The van der Waals surface area contributed by atoms with Gasteiger partial charge in [-0.05, 0) is 44.0 Å². The zero-order valence-corrected chi connectivity index (χ0v) is 14.7. The van der Waals surface area contributed by atoms with Gasteiger partial charge in [0.1, 0.15) is 17.5 Å². The van der Waals surface area contributed by atoms with E-state index >= 15 is 0 Å². The van der Waals surface area contributed by atoms with Crippen LogP contribution in [0.4, 0.5) is 11.6 Å². The molecule has 0 atom stereocenters. The van der Waals surface area contributed by atoms with E-state index < -0.39 is 0 Å². The van der Waals surface area contributed by atoms with E-state index in [1.165, 1.54) is 6.07 Å². The highest BCUT2D eigenvalue weighted by molar-refractivity contribution is 5.55. The van der Waals surface area contributed by atoms with Crippen molar-refractivity contribution in [3.8, 4) is 11.4 Å². The Hall–Kier alpha value is -3.22. The van der Waals surface area contributed by atoms with Gasteiger partial charge in [0.25, 0.3) is 5.56 Å².